The lowest BCUT2D eigenvalue weighted by Gasteiger charge is -1.99. The molecule has 18 heavy (non-hydrogen) atoms. The average molecular weight is 236 g/mol. The second-order valence-corrected chi connectivity index (χ2v) is 4.11. The van der Waals surface area contributed by atoms with Crippen molar-refractivity contribution in [1.29, 1.82) is 0 Å². The molecule has 0 aliphatic rings. The van der Waals surface area contributed by atoms with Gasteiger partial charge in [0.1, 0.15) is 0 Å². The van der Waals surface area contributed by atoms with Crippen LogP contribution in [0.4, 0.5) is 0 Å². The first-order valence-electron chi connectivity index (χ1n) is 5.71. The zero-order valence-electron chi connectivity index (χ0n) is 9.99. The highest BCUT2D eigenvalue weighted by Gasteiger charge is 2.04. The molecule has 0 spiro atoms. The first-order chi connectivity index (χ1) is 8.83. The van der Waals surface area contributed by atoms with Crippen LogP contribution in [0.15, 0.2) is 55.2 Å². The number of benzene rings is 1. The Kier molecular flexibility index (Phi) is 2.61. The van der Waals surface area contributed by atoms with Gasteiger partial charge in [-0.05, 0) is 12.5 Å². The Morgan fingerprint density at radius 3 is 2.78 bits per heavy atom. The van der Waals surface area contributed by atoms with E-state index in [0.717, 1.165) is 16.9 Å². The minimum atomic E-state index is 0.719. The fourth-order valence-corrected chi connectivity index (χ4v) is 1.83. The standard InChI is InChI=1S/C14H12N4/c1-11-3-2-4-12(7-11)13-8-17-18(10-13)14-9-15-5-6-16-14/h2-10H,1H3. The molecule has 0 atom stereocenters. The number of aromatic nitrogens is 4. The van der Waals surface area contributed by atoms with Crippen molar-refractivity contribution in [2.24, 2.45) is 0 Å². The minimum Gasteiger partial charge on any atom is -0.259 e. The molecular formula is C14H12N4. The Hall–Kier alpha value is -2.49. The Morgan fingerprint density at radius 1 is 1.06 bits per heavy atom. The van der Waals surface area contributed by atoms with Gasteiger partial charge in [-0.3, -0.25) is 4.98 Å². The Morgan fingerprint density at radius 2 is 2.00 bits per heavy atom. The highest BCUT2D eigenvalue weighted by Crippen LogP contribution is 2.20. The summed E-state index contributed by atoms with van der Waals surface area (Å²) in [6, 6.07) is 8.34. The van der Waals surface area contributed by atoms with Crippen molar-refractivity contribution in [2.45, 2.75) is 6.92 Å². The SMILES string of the molecule is Cc1cccc(-c2cnn(-c3cnccn3)c2)c1. The highest BCUT2D eigenvalue weighted by atomic mass is 15.3. The van der Waals surface area contributed by atoms with E-state index in [9.17, 15) is 0 Å². The second kappa shape index (κ2) is 4.41. The molecule has 0 unspecified atom stereocenters. The van der Waals surface area contributed by atoms with Gasteiger partial charge in [0.2, 0.25) is 0 Å². The van der Waals surface area contributed by atoms with E-state index in [1.54, 1.807) is 23.3 Å². The number of hydrogen-bond donors (Lipinski definition) is 0. The quantitative estimate of drug-likeness (QED) is 0.687. The molecule has 88 valence electrons. The summed E-state index contributed by atoms with van der Waals surface area (Å²) < 4.78 is 1.73. The average Bonchev–Trinajstić information content (AvgIpc) is 2.89. The van der Waals surface area contributed by atoms with E-state index in [1.165, 1.54) is 5.56 Å². The van der Waals surface area contributed by atoms with Gasteiger partial charge in [-0.1, -0.05) is 29.8 Å². The first-order valence-corrected chi connectivity index (χ1v) is 5.71. The van der Waals surface area contributed by atoms with Crippen molar-refractivity contribution in [3.05, 3.63) is 60.8 Å². The molecule has 2 aromatic heterocycles. The number of rotatable bonds is 2. The van der Waals surface area contributed by atoms with Crippen LogP contribution in [0, 0.1) is 6.92 Å². The van der Waals surface area contributed by atoms with Gasteiger partial charge >= 0.3 is 0 Å². The maximum absolute atomic E-state index is 4.31. The largest absolute Gasteiger partial charge is 0.259 e. The van der Waals surface area contributed by atoms with Crippen LogP contribution in [0.25, 0.3) is 16.9 Å². The van der Waals surface area contributed by atoms with Crippen LogP contribution < -0.4 is 0 Å². The van der Waals surface area contributed by atoms with Gasteiger partial charge < -0.3 is 0 Å². The molecular weight excluding hydrogens is 224 g/mol. The monoisotopic (exact) mass is 236 g/mol. The van der Waals surface area contributed by atoms with Crippen LogP contribution in [0.1, 0.15) is 5.56 Å². The summed E-state index contributed by atoms with van der Waals surface area (Å²) in [5.74, 6) is 0.719. The summed E-state index contributed by atoms with van der Waals surface area (Å²) in [4.78, 5) is 8.25. The minimum absolute atomic E-state index is 0.719. The van der Waals surface area contributed by atoms with Gasteiger partial charge in [0, 0.05) is 24.2 Å². The Labute approximate surface area is 105 Å². The number of aryl methyl sites for hydroxylation is 1. The molecule has 3 aromatic rings. The van der Waals surface area contributed by atoms with Gasteiger partial charge in [-0.2, -0.15) is 5.10 Å². The van der Waals surface area contributed by atoms with Gasteiger partial charge in [0.15, 0.2) is 5.82 Å². The van der Waals surface area contributed by atoms with Crippen molar-refractivity contribution >= 4 is 0 Å². The molecule has 0 aliphatic carbocycles. The summed E-state index contributed by atoms with van der Waals surface area (Å²) in [5, 5.41) is 4.31. The summed E-state index contributed by atoms with van der Waals surface area (Å²) in [6.07, 6.45) is 8.78. The molecule has 0 aliphatic heterocycles. The lowest BCUT2D eigenvalue weighted by atomic mass is 10.1. The van der Waals surface area contributed by atoms with Crippen LogP contribution in [-0.2, 0) is 0 Å². The van der Waals surface area contributed by atoms with E-state index < -0.39 is 0 Å². The molecule has 0 saturated carbocycles. The fraction of sp³-hybridized carbons (Fsp3) is 0.0714. The Balaban J connectivity index is 2.00. The molecule has 2 heterocycles. The smallest absolute Gasteiger partial charge is 0.171 e. The molecule has 0 bridgehead atoms. The van der Waals surface area contributed by atoms with Crippen LogP contribution in [0.5, 0.6) is 0 Å². The van der Waals surface area contributed by atoms with Crippen molar-refractivity contribution in [2.75, 3.05) is 0 Å². The molecule has 3 rings (SSSR count). The molecule has 1 aromatic carbocycles. The van der Waals surface area contributed by atoms with E-state index in [0.29, 0.717) is 0 Å². The molecule has 0 radical (unpaired) electrons. The molecule has 4 heteroatoms. The van der Waals surface area contributed by atoms with Gasteiger partial charge in [-0.25, -0.2) is 9.67 Å². The van der Waals surface area contributed by atoms with Crippen LogP contribution >= 0.6 is 0 Å². The van der Waals surface area contributed by atoms with Gasteiger partial charge in [0.25, 0.3) is 0 Å². The Bertz CT molecular complexity index is 658. The number of hydrogen-bond acceptors (Lipinski definition) is 3. The predicted molar refractivity (Wildman–Crippen MR) is 69.3 cm³/mol. The fourth-order valence-electron chi connectivity index (χ4n) is 1.83. The molecule has 0 fully saturated rings. The zero-order chi connectivity index (χ0) is 12.4. The highest BCUT2D eigenvalue weighted by molar-refractivity contribution is 5.62. The number of nitrogens with zero attached hydrogens (tertiary/aromatic N) is 4. The van der Waals surface area contributed by atoms with Crippen LogP contribution in [0.2, 0.25) is 0 Å². The summed E-state index contributed by atoms with van der Waals surface area (Å²) in [7, 11) is 0. The second-order valence-electron chi connectivity index (χ2n) is 4.11. The first kappa shape index (κ1) is 10.7. The van der Waals surface area contributed by atoms with E-state index in [1.807, 2.05) is 18.5 Å². The topological polar surface area (TPSA) is 43.6 Å². The van der Waals surface area contributed by atoms with Crippen molar-refractivity contribution in [1.82, 2.24) is 19.7 Å². The van der Waals surface area contributed by atoms with E-state index in [4.69, 9.17) is 0 Å². The van der Waals surface area contributed by atoms with Crippen LogP contribution in [0.3, 0.4) is 0 Å². The third kappa shape index (κ3) is 2.00. The summed E-state index contributed by atoms with van der Waals surface area (Å²) in [6.45, 7) is 2.08. The third-order valence-electron chi connectivity index (χ3n) is 2.72. The summed E-state index contributed by atoms with van der Waals surface area (Å²) >= 11 is 0. The van der Waals surface area contributed by atoms with Crippen molar-refractivity contribution < 1.29 is 0 Å². The van der Waals surface area contributed by atoms with Gasteiger partial charge in [-0.15, -0.1) is 0 Å². The molecule has 0 N–H and O–H groups in total. The third-order valence-corrected chi connectivity index (χ3v) is 2.72. The van der Waals surface area contributed by atoms with Gasteiger partial charge in [0.05, 0.1) is 12.4 Å². The summed E-state index contributed by atoms with van der Waals surface area (Å²) in [5.41, 5.74) is 3.47. The zero-order valence-corrected chi connectivity index (χ0v) is 9.99. The lowest BCUT2D eigenvalue weighted by Crippen LogP contribution is -1.97. The van der Waals surface area contributed by atoms with E-state index in [2.05, 4.69) is 40.2 Å². The van der Waals surface area contributed by atoms with Crippen LogP contribution in [-0.4, -0.2) is 19.7 Å². The van der Waals surface area contributed by atoms with E-state index in [-0.39, 0.29) is 0 Å². The molecule has 0 saturated heterocycles. The van der Waals surface area contributed by atoms with E-state index >= 15 is 0 Å². The lowest BCUT2D eigenvalue weighted by molar-refractivity contribution is 0.838. The maximum Gasteiger partial charge on any atom is 0.171 e. The van der Waals surface area contributed by atoms with Crippen molar-refractivity contribution in [3.8, 4) is 16.9 Å². The van der Waals surface area contributed by atoms with Crippen molar-refractivity contribution in [3.63, 3.8) is 0 Å². The molecule has 4 nitrogen and oxygen atoms in total. The molecule has 0 amide bonds. The predicted octanol–water partition coefficient (Wildman–Crippen LogP) is 2.64. The normalized spacial score (nSPS) is 10.5. The maximum atomic E-state index is 4.31.